The van der Waals surface area contributed by atoms with Crippen molar-refractivity contribution in [3.05, 3.63) is 76.2 Å². The third kappa shape index (κ3) is 5.17. The Morgan fingerprint density at radius 1 is 1.12 bits per heavy atom. The topological polar surface area (TPSA) is 104 Å². The minimum atomic E-state index is -0.835. The summed E-state index contributed by atoms with van der Waals surface area (Å²) in [6.45, 7) is 4.93. The Labute approximate surface area is 189 Å². The molecule has 4 rings (SSSR count). The molecule has 1 aromatic heterocycles. The van der Waals surface area contributed by atoms with Crippen molar-refractivity contribution in [1.29, 1.82) is 0 Å². The van der Waals surface area contributed by atoms with E-state index in [1.807, 2.05) is 19.9 Å². The Hall–Kier alpha value is -4.20. The lowest BCUT2D eigenvalue weighted by Crippen LogP contribution is -2.43. The first kappa shape index (κ1) is 22.0. The van der Waals surface area contributed by atoms with Crippen molar-refractivity contribution in [1.82, 2.24) is 0 Å². The van der Waals surface area contributed by atoms with Crippen LogP contribution in [0.1, 0.15) is 31.9 Å². The van der Waals surface area contributed by atoms with Gasteiger partial charge in [0, 0.05) is 42.5 Å². The van der Waals surface area contributed by atoms with Crippen LogP contribution >= 0.6 is 0 Å². The number of carbonyl (C=O) groups excluding carboxylic acids is 2. The largest absolute Gasteiger partial charge is 0.481 e. The van der Waals surface area contributed by atoms with Gasteiger partial charge >= 0.3 is 17.6 Å². The van der Waals surface area contributed by atoms with Crippen LogP contribution in [0.25, 0.3) is 17.0 Å². The highest BCUT2D eigenvalue weighted by molar-refractivity contribution is 5.97. The molecule has 0 unspecified atom stereocenters. The van der Waals surface area contributed by atoms with E-state index in [0.29, 0.717) is 34.8 Å². The molecule has 8 heteroatoms. The maximum absolute atomic E-state index is 12.2. The van der Waals surface area contributed by atoms with E-state index in [1.165, 1.54) is 25.1 Å². The second kappa shape index (κ2) is 8.74. The predicted molar refractivity (Wildman–Crippen MR) is 121 cm³/mol. The van der Waals surface area contributed by atoms with Gasteiger partial charge in [-0.3, -0.25) is 4.79 Å². The molecular formula is C25H21NO7. The SMILES string of the molecule is CC(=O)Oc1cccc(/C=C/C(=O)O/N=C2\Cc3cc4ccc(=O)oc4cc3OC2(C)C)c1. The number of nitrogens with zero attached hydrogens (tertiary/aromatic N) is 1. The van der Waals surface area contributed by atoms with Crippen molar-refractivity contribution in [2.75, 3.05) is 0 Å². The first-order valence-corrected chi connectivity index (χ1v) is 10.2. The average Bonchev–Trinajstić information content (AvgIpc) is 2.74. The molecule has 0 spiro atoms. The molecule has 8 nitrogen and oxygen atoms in total. The minimum Gasteiger partial charge on any atom is -0.481 e. The van der Waals surface area contributed by atoms with Gasteiger partial charge in [0.15, 0.2) is 0 Å². The summed E-state index contributed by atoms with van der Waals surface area (Å²) in [7, 11) is 0. The van der Waals surface area contributed by atoms with E-state index in [-0.39, 0.29) is 0 Å². The van der Waals surface area contributed by atoms with E-state index in [4.69, 9.17) is 18.7 Å². The molecule has 0 atom stereocenters. The van der Waals surface area contributed by atoms with Crippen LogP contribution in [-0.4, -0.2) is 23.3 Å². The fraction of sp³-hybridized carbons (Fsp3) is 0.200. The summed E-state index contributed by atoms with van der Waals surface area (Å²) in [6.07, 6.45) is 3.17. The third-order valence-electron chi connectivity index (χ3n) is 5.00. The van der Waals surface area contributed by atoms with Gasteiger partial charge in [-0.25, -0.2) is 9.59 Å². The number of hydrogen-bond acceptors (Lipinski definition) is 8. The maximum atomic E-state index is 12.2. The molecule has 1 aliphatic rings. The lowest BCUT2D eigenvalue weighted by atomic mass is 9.91. The molecule has 2 heterocycles. The molecule has 1 aliphatic heterocycles. The molecule has 0 amide bonds. The maximum Gasteiger partial charge on any atom is 0.358 e. The van der Waals surface area contributed by atoms with Crippen LogP contribution in [0.2, 0.25) is 0 Å². The summed E-state index contributed by atoms with van der Waals surface area (Å²) in [5.41, 5.74) is 1.20. The van der Waals surface area contributed by atoms with Crippen LogP contribution in [0.5, 0.6) is 11.5 Å². The average molecular weight is 447 g/mol. The Morgan fingerprint density at radius 3 is 2.73 bits per heavy atom. The van der Waals surface area contributed by atoms with E-state index in [9.17, 15) is 14.4 Å². The second-order valence-corrected chi connectivity index (χ2v) is 7.99. The molecule has 0 radical (unpaired) electrons. The van der Waals surface area contributed by atoms with Crippen molar-refractivity contribution >= 4 is 34.7 Å². The zero-order chi connectivity index (χ0) is 23.6. The highest BCUT2D eigenvalue weighted by atomic mass is 16.7. The Kier molecular flexibility index (Phi) is 5.83. The summed E-state index contributed by atoms with van der Waals surface area (Å²) < 4.78 is 16.3. The van der Waals surface area contributed by atoms with Gasteiger partial charge in [0.25, 0.3) is 0 Å². The van der Waals surface area contributed by atoms with Crippen LogP contribution in [0, 0.1) is 0 Å². The van der Waals surface area contributed by atoms with Crippen LogP contribution in [0.15, 0.2) is 69.0 Å². The summed E-state index contributed by atoms with van der Waals surface area (Å²) in [6, 6.07) is 13.3. The van der Waals surface area contributed by atoms with Crippen LogP contribution in [0.4, 0.5) is 0 Å². The summed E-state index contributed by atoms with van der Waals surface area (Å²) in [5.74, 6) is -0.130. The van der Waals surface area contributed by atoms with Crippen LogP contribution < -0.4 is 15.1 Å². The fourth-order valence-corrected chi connectivity index (χ4v) is 3.39. The first-order chi connectivity index (χ1) is 15.7. The van der Waals surface area contributed by atoms with Gasteiger partial charge in [0.1, 0.15) is 28.4 Å². The number of ether oxygens (including phenoxy) is 2. The fourth-order valence-electron chi connectivity index (χ4n) is 3.39. The van der Waals surface area contributed by atoms with E-state index in [2.05, 4.69) is 5.16 Å². The Bertz CT molecular complexity index is 1360. The molecule has 0 N–H and O–H groups in total. The van der Waals surface area contributed by atoms with E-state index >= 15 is 0 Å². The zero-order valence-corrected chi connectivity index (χ0v) is 18.3. The smallest absolute Gasteiger partial charge is 0.358 e. The second-order valence-electron chi connectivity index (χ2n) is 7.99. The predicted octanol–water partition coefficient (Wildman–Crippen LogP) is 4.04. The number of fused-ring (bicyclic) bond motifs is 2. The molecule has 2 aromatic carbocycles. The molecular weight excluding hydrogens is 426 g/mol. The van der Waals surface area contributed by atoms with Gasteiger partial charge < -0.3 is 18.7 Å². The van der Waals surface area contributed by atoms with Gasteiger partial charge in [-0.05, 0) is 49.8 Å². The molecule has 3 aromatic rings. The number of benzene rings is 2. The number of carbonyl (C=O) groups is 2. The number of esters is 1. The third-order valence-corrected chi connectivity index (χ3v) is 5.00. The van der Waals surface area contributed by atoms with Crippen LogP contribution in [-0.2, 0) is 20.8 Å². The van der Waals surface area contributed by atoms with E-state index < -0.39 is 23.2 Å². The highest BCUT2D eigenvalue weighted by Crippen LogP contribution is 2.34. The molecule has 0 saturated heterocycles. The molecule has 0 bridgehead atoms. The standard InChI is InChI=1S/C25H21NO7/c1-15(27)30-19-6-4-5-16(11-19)7-9-24(29)33-26-22-13-18-12-17-8-10-23(28)31-20(17)14-21(18)32-25(22,2)3/h4-12,14H,13H2,1-3H3/b9-7+,26-22+. The van der Waals surface area contributed by atoms with Crippen molar-refractivity contribution in [2.24, 2.45) is 5.16 Å². The number of oxime groups is 1. The van der Waals surface area contributed by atoms with Crippen molar-refractivity contribution in [2.45, 2.75) is 32.8 Å². The molecule has 168 valence electrons. The van der Waals surface area contributed by atoms with Crippen molar-refractivity contribution < 1.29 is 28.3 Å². The van der Waals surface area contributed by atoms with Gasteiger partial charge in [-0.15, -0.1) is 0 Å². The monoisotopic (exact) mass is 447 g/mol. The zero-order valence-electron chi connectivity index (χ0n) is 18.3. The lowest BCUT2D eigenvalue weighted by molar-refractivity contribution is -0.137. The first-order valence-electron chi connectivity index (χ1n) is 10.2. The summed E-state index contributed by atoms with van der Waals surface area (Å²) in [5, 5.41) is 4.80. The molecule has 33 heavy (non-hydrogen) atoms. The highest BCUT2D eigenvalue weighted by Gasteiger charge is 2.34. The van der Waals surface area contributed by atoms with Gasteiger partial charge in [0.05, 0.1) is 0 Å². The number of hydrogen-bond donors (Lipinski definition) is 0. The van der Waals surface area contributed by atoms with Crippen molar-refractivity contribution in [3.63, 3.8) is 0 Å². The quantitative estimate of drug-likeness (QED) is 0.148. The summed E-state index contributed by atoms with van der Waals surface area (Å²) >= 11 is 0. The lowest BCUT2D eigenvalue weighted by Gasteiger charge is -2.33. The van der Waals surface area contributed by atoms with Gasteiger partial charge in [0.2, 0.25) is 0 Å². The van der Waals surface area contributed by atoms with Crippen molar-refractivity contribution in [3.8, 4) is 11.5 Å². The van der Waals surface area contributed by atoms with Gasteiger partial charge in [-0.2, -0.15) is 0 Å². The van der Waals surface area contributed by atoms with E-state index in [0.717, 1.165) is 10.9 Å². The molecule has 0 saturated carbocycles. The normalized spacial score (nSPS) is 15.8. The van der Waals surface area contributed by atoms with Crippen LogP contribution in [0.3, 0.4) is 0 Å². The minimum absolute atomic E-state index is 0.379. The molecule has 0 aliphatic carbocycles. The Balaban J connectivity index is 1.49. The summed E-state index contributed by atoms with van der Waals surface area (Å²) in [4.78, 5) is 39.8. The molecule has 0 fully saturated rings. The Morgan fingerprint density at radius 2 is 1.94 bits per heavy atom. The van der Waals surface area contributed by atoms with Gasteiger partial charge in [-0.1, -0.05) is 17.3 Å². The number of rotatable bonds is 4. The van der Waals surface area contributed by atoms with E-state index in [1.54, 1.807) is 36.4 Å².